The van der Waals surface area contributed by atoms with Crippen molar-refractivity contribution in [3.05, 3.63) is 71.7 Å². The molecular weight excluding hydrogens is 398 g/mol. The van der Waals surface area contributed by atoms with Crippen LogP contribution in [0.4, 0.5) is 16.2 Å². The molecule has 3 amide bonds. The highest BCUT2D eigenvalue weighted by Crippen LogP contribution is 2.34. The van der Waals surface area contributed by atoms with Crippen molar-refractivity contribution < 1.29 is 23.5 Å². The van der Waals surface area contributed by atoms with Gasteiger partial charge in [-0.15, -0.1) is 0 Å². The lowest BCUT2D eigenvalue weighted by atomic mass is 9.99. The summed E-state index contributed by atoms with van der Waals surface area (Å²) in [5.41, 5.74) is 3.27. The van der Waals surface area contributed by atoms with Gasteiger partial charge in [-0.25, -0.2) is 4.79 Å². The molecule has 160 valence electrons. The molecule has 2 aromatic carbocycles. The number of benzene rings is 2. The smallest absolute Gasteiger partial charge is 0.323 e. The van der Waals surface area contributed by atoms with Crippen molar-refractivity contribution in [3.63, 3.8) is 0 Å². The van der Waals surface area contributed by atoms with E-state index >= 15 is 0 Å². The van der Waals surface area contributed by atoms with Crippen LogP contribution in [0.1, 0.15) is 21.7 Å². The average molecular weight is 421 g/mol. The number of carbonyl (C=O) groups excluding carboxylic acids is 2. The van der Waals surface area contributed by atoms with Crippen LogP contribution in [0.15, 0.2) is 59.2 Å². The minimum Gasteiger partial charge on any atom is -0.493 e. The molecule has 1 aliphatic heterocycles. The molecule has 0 fully saturated rings. The molecule has 0 aliphatic carbocycles. The number of ether oxygens (including phenoxy) is 2. The van der Waals surface area contributed by atoms with Gasteiger partial charge >= 0.3 is 6.03 Å². The Balaban J connectivity index is 1.46. The molecule has 2 heterocycles. The first kappa shape index (κ1) is 20.3. The van der Waals surface area contributed by atoms with Crippen LogP contribution < -0.4 is 20.1 Å². The molecule has 0 saturated heterocycles. The van der Waals surface area contributed by atoms with Crippen molar-refractivity contribution in [2.24, 2.45) is 0 Å². The van der Waals surface area contributed by atoms with Gasteiger partial charge in [0.25, 0.3) is 5.91 Å². The molecule has 0 atom stereocenters. The number of urea groups is 1. The van der Waals surface area contributed by atoms with Crippen LogP contribution >= 0.6 is 0 Å². The number of nitrogens with one attached hydrogen (secondary N) is 2. The van der Waals surface area contributed by atoms with Gasteiger partial charge in [0.05, 0.1) is 26.2 Å². The summed E-state index contributed by atoms with van der Waals surface area (Å²) in [6.45, 7) is 1.07. The minimum atomic E-state index is -0.411. The van der Waals surface area contributed by atoms with Gasteiger partial charge in [-0.3, -0.25) is 4.79 Å². The van der Waals surface area contributed by atoms with Crippen LogP contribution in [-0.4, -0.2) is 37.6 Å². The summed E-state index contributed by atoms with van der Waals surface area (Å²) in [4.78, 5) is 26.9. The van der Waals surface area contributed by atoms with Crippen molar-refractivity contribution in [1.82, 2.24) is 4.90 Å². The van der Waals surface area contributed by atoms with Crippen molar-refractivity contribution in [2.75, 3.05) is 31.4 Å². The summed E-state index contributed by atoms with van der Waals surface area (Å²) in [7, 11) is 3.05. The maximum absolute atomic E-state index is 12.6. The quantitative estimate of drug-likeness (QED) is 0.646. The summed E-state index contributed by atoms with van der Waals surface area (Å²) in [6.07, 6.45) is 2.23. The zero-order valence-electron chi connectivity index (χ0n) is 17.3. The lowest BCUT2D eigenvalue weighted by Crippen LogP contribution is -2.35. The SMILES string of the molecule is COc1cccc(NC(=O)Nc2ccc3c(c2)CN(C(=O)c2ccco2)CC3)c1OC. The van der Waals surface area contributed by atoms with Crippen molar-refractivity contribution in [2.45, 2.75) is 13.0 Å². The molecule has 2 N–H and O–H groups in total. The van der Waals surface area contributed by atoms with Crippen LogP contribution in [0.3, 0.4) is 0 Å². The Morgan fingerprint density at radius 2 is 1.87 bits per heavy atom. The number of rotatable bonds is 5. The van der Waals surface area contributed by atoms with Gasteiger partial charge in [-0.05, 0) is 53.9 Å². The number of hydrogen-bond donors (Lipinski definition) is 2. The molecule has 1 aromatic heterocycles. The van der Waals surface area contributed by atoms with Crippen LogP contribution in [0.5, 0.6) is 11.5 Å². The standard InChI is InChI=1S/C23H23N3O5/c1-29-19-6-3-5-18(21(19)30-2)25-23(28)24-17-9-8-15-10-11-26(14-16(15)13-17)22(27)20-7-4-12-31-20/h3-9,12-13H,10-11,14H2,1-2H3,(H2,24,25,28). The third-order valence-corrected chi connectivity index (χ3v) is 5.15. The Morgan fingerprint density at radius 3 is 2.61 bits per heavy atom. The number of hydrogen-bond acceptors (Lipinski definition) is 5. The van der Waals surface area contributed by atoms with E-state index in [4.69, 9.17) is 13.9 Å². The molecule has 4 rings (SSSR count). The molecule has 0 radical (unpaired) electrons. The Bertz CT molecular complexity index is 1090. The molecule has 3 aromatic rings. The predicted octanol–water partition coefficient (Wildman–Crippen LogP) is 4.14. The number of furan rings is 1. The molecule has 0 spiro atoms. The highest BCUT2D eigenvalue weighted by atomic mass is 16.5. The van der Waals surface area contributed by atoms with Crippen LogP contribution in [0, 0.1) is 0 Å². The first-order chi connectivity index (χ1) is 15.1. The normalized spacial score (nSPS) is 12.6. The molecule has 1 aliphatic rings. The lowest BCUT2D eigenvalue weighted by molar-refractivity contribution is 0.0702. The molecule has 8 heteroatoms. The second-order valence-corrected chi connectivity index (χ2v) is 7.06. The summed E-state index contributed by atoms with van der Waals surface area (Å²) < 4.78 is 15.8. The van der Waals surface area contributed by atoms with E-state index < -0.39 is 6.03 Å². The Labute approximate surface area is 179 Å². The van der Waals surface area contributed by atoms with E-state index in [1.807, 2.05) is 18.2 Å². The lowest BCUT2D eigenvalue weighted by Gasteiger charge is -2.28. The largest absolute Gasteiger partial charge is 0.493 e. The van der Waals surface area contributed by atoms with Gasteiger partial charge in [-0.1, -0.05) is 12.1 Å². The van der Waals surface area contributed by atoms with E-state index in [0.29, 0.717) is 41.7 Å². The molecule has 0 unspecified atom stereocenters. The Hall–Kier alpha value is -3.94. The van der Waals surface area contributed by atoms with E-state index in [-0.39, 0.29) is 5.91 Å². The number of anilines is 2. The van der Waals surface area contributed by atoms with Gasteiger partial charge in [0.15, 0.2) is 17.3 Å². The summed E-state index contributed by atoms with van der Waals surface area (Å²) in [5.74, 6) is 1.15. The Kier molecular flexibility index (Phi) is 5.79. The fourth-order valence-electron chi connectivity index (χ4n) is 3.63. The molecule has 8 nitrogen and oxygen atoms in total. The van der Waals surface area contributed by atoms with E-state index in [2.05, 4.69) is 10.6 Å². The first-order valence-corrected chi connectivity index (χ1v) is 9.82. The Morgan fingerprint density at radius 1 is 1.00 bits per heavy atom. The maximum atomic E-state index is 12.6. The van der Waals surface area contributed by atoms with Crippen LogP contribution in [0.2, 0.25) is 0 Å². The van der Waals surface area contributed by atoms with E-state index in [9.17, 15) is 9.59 Å². The number of nitrogens with zero attached hydrogens (tertiary/aromatic N) is 1. The van der Waals surface area contributed by atoms with Gasteiger partial charge in [0.2, 0.25) is 0 Å². The monoisotopic (exact) mass is 421 g/mol. The van der Waals surface area contributed by atoms with Gasteiger partial charge in [-0.2, -0.15) is 0 Å². The highest BCUT2D eigenvalue weighted by Gasteiger charge is 2.23. The zero-order valence-corrected chi connectivity index (χ0v) is 17.3. The summed E-state index contributed by atoms with van der Waals surface area (Å²) in [5, 5.41) is 5.61. The predicted molar refractivity (Wildman–Crippen MR) is 116 cm³/mol. The van der Waals surface area contributed by atoms with E-state index in [1.54, 1.807) is 35.2 Å². The van der Waals surface area contributed by atoms with Crippen molar-refractivity contribution >= 4 is 23.3 Å². The number of carbonyl (C=O) groups is 2. The van der Waals surface area contributed by atoms with Crippen LogP contribution in [-0.2, 0) is 13.0 Å². The third-order valence-electron chi connectivity index (χ3n) is 5.15. The number of amides is 3. The van der Waals surface area contributed by atoms with Gasteiger partial charge in [0.1, 0.15) is 0 Å². The van der Waals surface area contributed by atoms with Gasteiger partial charge in [0, 0.05) is 18.8 Å². The highest BCUT2D eigenvalue weighted by molar-refractivity contribution is 6.01. The van der Waals surface area contributed by atoms with E-state index in [1.165, 1.54) is 20.5 Å². The minimum absolute atomic E-state index is 0.142. The molecule has 0 bridgehead atoms. The molecule has 0 saturated carbocycles. The summed E-state index contributed by atoms with van der Waals surface area (Å²) in [6, 6.07) is 13.9. The number of methoxy groups -OCH3 is 2. The summed E-state index contributed by atoms with van der Waals surface area (Å²) >= 11 is 0. The van der Waals surface area contributed by atoms with Crippen molar-refractivity contribution in [3.8, 4) is 11.5 Å². The fourth-order valence-corrected chi connectivity index (χ4v) is 3.63. The second-order valence-electron chi connectivity index (χ2n) is 7.06. The average Bonchev–Trinajstić information content (AvgIpc) is 3.32. The van der Waals surface area contributed by atoms with Gasteiger partial charge < -0.3 is 29.4 Å². The molecular formula is C23H23N3O5. The second kappa shape index (κ2) is 8.83. The maximum Gasteiger partial charge on any atom is 0.323 e. The number of fused-ring (bicyclic) bond motifs is 1. The van der Waals surface area contributed by atoms with E-state index in [0.717, 1.165) is 17.5 Å². The number of para-hydroxylation sites is 1. The topological polar surface area (TPSA) is 93.0 Å². The third kappa shape index (κ3) is 4.32. The zero-order chi connectivity index (χ0) is 21.8. The first-order valence-electron chi connectivity index (χ1n) is 9.82. The van der Waals surface area contributed by atoms with Crippen molar-refractivity contribution in [1.29, 1.82) is 0 Å². The fraction of sp³-hybridized carbons (Fsp3) is 0.217. The molecule has 31 heavy (non-hydrogen) atoms. The van der Waals surface area contributed by atoms with Crippen LogP contribution in [0.25, 0.3) is 0 Å².